The van der Waals surface area contributed by atoms with Gasteiger partial charge in [-0.3, -0.25) is 4.79 Å². The molecule has 2 heterocycles. The van der Waals surface area contributed by atoms with Crippen molar-refractivity contribution < 1.29 is 8.42 Å². The quantitative estimate of drug-likeness (QED) is 0.824. The smallest absolute Gasteiger partial charge is 0.247 e. The normalized spacial score (nSPS) is 18.2. The lowest BCUT2D eigenvalue weighted by atomic mass is 9.94. The van der Waals surface area contributed by atoms with Crippen LogP contribution in [0.25, 0.3) is 0 Å². The van der Waals surface area contributed by atoms with Crippen molar-refractivity contribution in [2.24, 2.45) is 5.92 Å². The third-order valence-electron chi connectivity index (χ3n) is 3.75. The lowest BCUT2D eigenvalue weighted by Crippen LogP contribution is -2.32. The van der Waals surface area contributed by atoms with Crippen LogP contribution in [0.2, 0.25) is 0 Å². The summed E-state index contributed by atoms with van der Waals surface area (Å²) in [4.78, 5) is 15.7. The number of rotatable bonds is 5. The molecule has 0 amide bonds. The maximum absolute atomic E-state index is 12.0. The second kappa shape index (κ2) is 6.51. The fourth-order valence-corrected chi connectivity index (χ4v) is 3.41. The van der Waals surface area contributed by atoms with Crippen molar-refractivity contribution in [3.8, 4) is 0 Å². The average molecular weight is 299 g/mol. The standard InChI is InChI=1S/C13H21N3O3S/c1-16-8-5-11(6-9-16)4-7-15-20(18,19)12-2-3-13(17)14-10-12/h2-3,10-11,15H,4-9H2,1H3,(H,14,17). The molecule has 7 heteroatoms. The highest BCUT2D eigenvalue weighted by molar-refractivity contribution is 7.89. The zero-order valence-electron chi connectivity index (χ0n) is 11.6. The molecule has 0 radical (unpaired) electrons. The molecule has 20 heavy (non-hydrogen) atoms. The molecule has 0 spiro atoms. The lowest BCUT2D eigenvalue weighted by Gasteiger charge is -2.28. The van der Waals surface area contributed by atoms with E-state index >= 15 is 0 Å². The minimum atomic E-state index is -3.52. The molecule has 0 atom stereocenters. The molecule has 0 unspecified atom stereocenters. The van der Waals surface area contributed by atoms with Crippen LogP contribution in [0.4, 0.5) is 0 Å². The van der Waals surface area contributed by atoms with E-state index in [4.69, 9.17) is 0 Å². The van der Waals surface area contributed by atoms with Gasteiger partial charge in [-0.1, -0.05) is 0 Å². The lowest BCUT2D eigenvalue weighted by molar-refractivity contribution is 0.213. The van der Waals surface area contributed by atoms with E-state index < -0.39 is 10.0 Å². The molecular formula is C13H21N3O3S. The Morgan fingerprint density at radius 1 is 1.35 bits per heavy atom. The summed E-state index contributed by atoms with van der Waals surface area (Å²) in [7, 11) is -1.41. The number of piperidine rings is 1. The third kappa shape index (κ3) is 4.16. The summed E-state index contributed by atoms with van der Waals surface area (Å²) in [6.07, 6.45) is 4.32. The van der Waals surface area contributed by atoms with Crippen LogP contribution >= 0.6 is 0 Å². The Morgan fingerprint density at radius 2 is 2.05 bits per heavy atom. The number of H-pyrrole nitrogens is 1. The second-order valence-corrected chi connectivity index (χ2v) is 7.09. The van der Waals surface area contributed by atoms with Crippen molar-refractivity contribution in [2.45, 2.75) is 24.2 Å². The molecule has 112 valence electrons. The van der Waals surface area contributed by atoms with Crippen LogP contribution in [0, 0.1) is 5.92 Å². The van der Waals surface area contributed by atoms with Crippen molar-refractivity contribution in [2.75, 3.05) is 26.7 Å². The fourth-order valence-electron chi connectivity index (χ4n) is 2.39. The molecule has 2 rings (SSSR count). The molecule has 0 saturated carbocycles. The molecule has 1 saturated heterocycles. The maximum Gasteiger partial charge on any atom is 0.247 e. The molecule has 2 N–H and O–H groups in total. The Kier molecular flexibility index (Phi) is 4.95. The highest BCUT2D eigenvalue weighted by Gasteiger charge is 2.18. The fraction of sp³-hybridized carbons (Fsp3) is 0.615. The number of pyridine rings is 1. The summed E-state index contributed by atoms with van der Waals surface area (Å²) >= 11 is 0. The Morgan fingerprint density at radius 3 is 2.65 bits per heavy atom. The predicted molar refractivity (Wildman–Crippen MR) is 77.1 cm³/mol. The van der Waals surface area contributed by atoms with Gasteiger partial charge < -0.3 is 9.88 Å². The van der Waals surface area contributed by atoms with Crippen molar-refractivity contribution in [1.82, 2.24) is 14.6 Å². The first kappa shape index (κ1) is 15.2. The van der Waals surface area contributed by atoms with Gasteiger partial charge in [0.15, 0.2) is 0 Å². The van der Waals surface area contributed by atoms with Crippen LogP contribution in [-0.2, 0) is 10.0 Å². The SMILES string of the molecule is CN1CCC(CCNS(=O)(=O)c2ccc(=O)[nH]c2)CC1. The average Bonchev–Trinajstić information content (AvgIpc) is 2.41. The summed E-state index contributed by atoms with van der Waals surface area (Å²) in [5.74, 6) is 0.587. The predicted octanol–water partition coefficient (Wildman–Crippen LogP) is 0.385. The summed E-state index contributed by atoms with van der Waals surface area (Å²) in [6, 6.07) is 2.53. The van der Waals surface area contributed by atoms with Crippen LogP contribution in [0.15, 0.2) is 28.0 Å². The zero-order chi connectivity index (χ0) is 14.6. The minimum Gasteiger partial charge on any atom is -0.328 e. The third-order valence-corrected chi connectivity index (χ3v) is 5.21. The monoisotopic (exact) mass is 299 g/mol. The van der Waals surface area contributed by atoms with Gasteiger partial charge in [0.25, 0.3) is 0 Å². The number of aromatic nitrogens is 1. The Balaban J connectivity index is 1.84. The first-order valence-electron chi connectivity index (χ1n) is 6.84. The Labute approximate surface area is 119 Å². The van der Waals surface area contributed by atoms with Crippen molar-refractivity contribution in [3.63, 3.8) is 0 Å². The van der Waals surface area contributed by atoms with Crippen LogP contribution < -0.4 is 10.3 Å². The van der Waals surface area contributed by atoms with Gasteiger partial charge in [0.1, 0.15) is 0 Å². The Bertz CT molecular complexity index is 569. The molecule has 1 aliphatic heterocycles. The van der Waals surface area contributed by atoms with Gasteiger partial charge >= 0.3 is 0 Å². The number of nitrogens with zero attached hydrogens (tertiary/aromatic N) is 1. The molecule has 1 fully saturated rings. The van der Waals surface area contributed by atoms with Gasteiger partial charge in [0, 0.05) is 18.8 Å². The molecular weight excluding hydrogens is 278 g/mol. The van der Waals surface area contributed by atoms with E-state index in [9.17, 15) is 13.2 Å². The molecule has 6 nitrogen and oxygen atoms in total. The van der Waals surface area contributed by atoms with E-state index in [-0.39, 0.29) is 10.5 Å². The summed E-state index contributed by atoms with van der Waals surface area (Å²) < 4.78 is 26.6. The molecule has 0 aromatic carbocycles. The van der Waals surface area contributed by atoms with Gasteiger partial charge in [0.05, 0.1) is 4.90 Å². The van der Waals surface area contributed by atoms with E-state index in [0.717, 1.165) is 32.4 Å². The van der Waals surface area contributed by atoms with E-state index in [1.54, 1.807) is 0 Å². The molecule has 1 aromatic heterocycles. The molecule has 0 bridgehead atoms. The number of aromatic amines is 1. The maximum atomic E-state index is 12.0. The van der Waals surface area contributed by atoms with E-state index in [1.807, 2.05) is 0 Å². The van der Waals surface area contributed by atoms with Gasteiger partial charge in [-0.2, -0.15) is 0 Å². The van der Waals surface area contributed by atoms with Crippen molar-refractivity contribution >= 4 is 10.0 Å². The second-order valence-electron chi connectivity index (χ2n) is 5.32. The van der Waals surface area contributed by atoms with Crippen LogP contribution in [0.3, 0.4) is 0 Å². The van der Waals surface area contributed by atoms with Crippen molar-refractivity contribution in [3.05, 3.63) is 28.7 Å². The van der Waals surface area contributed by atoms with Gasteiger partial charge in [0.2, 0.25) is 15.6 Å². The molecule has 1 aliphatic rings. The first-order chi connectivity index (χ1) is 9.47. The molecule has 1 aromatic rings. The highest BCUT2D eigenvalue weighted by atomic mass is 32.2. The summed E-state index contributed by atoms with van der Waals surface area (Å²) in [5, 5.41) is 0. The number of likely N-dealkylation sites (tertiary alicyclic amines) is 1. The number of hydrogen-bond donors (Lipinski definition) is 2. The van der Waals surface area contributed by atoms with Crippen molar-refractivity contribution in [1.29, 1.82) is 0 Å². The van der Waals surface area contributed by atoms with Crippen LogP contribution in [0.1, 0.15) is 19.3 Å². The summed E-state index contributed by atoms with van der Waals surface area (Å²) in [6.45, 7) is 2.60. The van der Waals surface area contributed by atoms with Gasteiger partial charge in [-0.15, -0.1) is 0 Å². The topological polar surface area (TPSA) is 82.3 Å². The van der Waals surface area contributed by atoms with E-state index in [0.29, 0.717) is 12.5 Å². The van der Waals surface area contributed by atoms with E-state index in [2.05, 4.69) is 21.7 Å². The zero-order valence-corrected chi connectivity index (χ0v) is 12.4. The summed E-state index contributed by atoms with van der Waals surface area (Å²) in [5.41, 5.74) is -0.310. The van der Waals surface area contributed by atoms with Crippen LogP contribution in [-0.4, -0.2) is 45.0 Å². The minimum absolute atomic E-state index is 0.0977. The number of sulfonamides is 1. The number of hydrogen-bond acceptors (Lipinski definition) is 4. The Hall–Kier alpha value is -1.18. The number of nitrogens with one attached hydrogen (secondary N) is 2. The van der Waals surface area contributed by atoms with E-state index in [1.165, 1.54) is 18.3 Å². The highest BCUT2D eigenvalue weighted by Crippen LogP contribution is 2.19. The first-order valence-corrected chi connectivity index (χ1v) is 8.32. The largest absolute Gasteiger partial charge is 0.328 e. The molecule has 0 aliphatic carbocycles. The van der Waals surface area contributed by atoms with Crippen LogP contribution in [0.5, 0.6) is 0 Å². The van der Waals surface area contributed by atoms with Gasteiger partial charge in [-0.05, 0) is 51.4 Å². The van der Waals surface area contributed by atoms with Gasteiger partial charge in [-0.25, -0.2) is 13.1 Å².